The first-order valence-corrected chi connectivity index (χ1v) is 2.95. The van der Waals surface area contributed by atoms with Crippen LogP contribution in [0.25, 0.3) is 0 Å². The maximum atomic E-state index is 5.18. The lowest BCUT2D eigenvalue weighted by Crippen LogP contribution is -2.06. The molecule has 2 N–H and O–H groups in total. The summed E-state index contributed by atoms with van der Waals surface area (Å²) in [6.45, 7) is 6.61. The summed E-state index contributed by atoms with van der Waals surface area (Å²) < 4.78 is 5.03. The van der Waals surface area contributed by atoms with Crippen LogP contribution in [0.5, 0.6) is 0 Å². The van der Waals surface area contributed by atoms with E-state index in [0.29, 0.717) is 18.9 Å². The highest BCUT2D eigenvalue weighted by atomic mass is 16.5. The monoisotopic (exact) mass is 127 g/mol. The number of hydrogen-bond acceptors (Lipinski definition) is 2. The topological polar surface area (TPSA) is 35.2 Å². The van der Waals surface area contributed by atoms with E-state index in [1.807, 2.05) is 13.0 Å². The van der Waals surface area contributed by atoms with Crippen molar-refractivity contribution in [2.45, 2.75) is 6.92 Å². The Morgan fingerprint density at radius 3 is 2.89 bits per heavy atom. The lowest BCUT2D eigenvalue weighted by atomic mass is 10.5. The Balaban J connectivity index is 3.27. The molecule has 2 heteroatoms. The van der Waals surface area contributed by atoms with Crippen molar-refractivity contribution < 1.29 is 4.74 Å². The summed E-state index contributed by atoms with van der Waals surface area (Å²) in [5.74, 6) is 0.669. The van der Waals surface area contributed by atoms with Gasteiger partial charge in [0.05, 0.1) is 0 Å². The SMILES string of the molecule is C=C(/C=C\C)OCCN. The lowest BCUT2D eigenvalue weighted by molar-refractivity contribution is 0.235. The average molecular weight is 127 g/mol. The molecule has 0 aromatic heterocycles. The van der Waals surface area contributed by atoms with E-state index in [1.54, 1.807) is 6.08 Å². The molecule has 0 aliphatic heterocycles. The third kappa shape index (κ3) is 5.11. The quantitative estimate of drug-likeness (QED) is 0.452. The van der Waals surface area contributed by atoms with Crippen LogP contribution in [-0.2, 0) is 4.74 Å². The van der Waals surface area contributed by atoms with Gasteiger partial charge in [-0.1, -0.05) is 12.7 Å². The fourth-order valence-corrected chi connectivity index (χ4v) is 0.424. The van der Waals surface area contributed by atoms with E-state index in [0.717, 1.165) is 0 Å². The highest BCUT2D eigenvalue weighted by Crippen LogP contribution is 1.92. The molecule has 9 heavy (non-hydrogen) atoms. The van der Waals surface area contributed by atoms with Crippen molar-refractivity contribution in [3.05, 3.63) is 24.5 Å². The Hall–Kier alpha value is -0.760. The number of ether oxygens (including phenoxy) is 1. The molecule has 0 saturated heterocycles. The first-order chi connectivity index (χ1) is 4.31. The van der Waals surface area contributed by atoms with Crippen LogP contribution in [0.4, 0.5) is 0 Å². The van der Waals surface area contributed by atoms with Crippen molar-refractivity contribution in [2.75, 3.05) is 13.2 Å². The molecule has 0 aromatic carbocycles. The fraction of sp³-hybridized carbons (Fsp3) is 0.429. The zero-order chi connectivity index (χ0) is 7.11. The van der Waals surface area contributed by atoms with Crippen molar-refractivity contribution in [3.8, 4) is 0 Å². The molecule has 52 valence electrons. The van der Waals surface area contributed by atoms with Crippen molar-refractivity contribution in [3.63, 3.8) is 0 Å². The van der Waals surface area contributed by atoms with Crippen LogP contribution in [0.2, 0.25) is 0 Å². The predicted octanol–water partition coefficient (Wildman–Crippen LogP) is 1.05. The highest BCUT2D eigenvalue weighted by Gasteiger charge is 1.83. The molecule has 0 aliphatic rings. The second kappa shape index (κ2) is 5.38. The molecular weight excluding hydrogens is 114 g/mol. The maximum Gasteiger partial charge on any atom is 0.111 e. The summed E-state index contributed by atoms with van der Waals surface area (Å²) in [4.78, 5) is 0. The third-order valence-electron chi connectivity index (χ3n) is 0.758. The average Bonchev–Trinajstić information content (AvgIpc) is 1.85. The van der Waals surface area contributed by atoms with Gasteiger partial charge in [-0.3, -0.25) is 0 Å². The van der Waals surface area contributed by atoms with Crippen LogP contribution in [-0.4, -0.2) is 13.2 Å². The first kappa shape index (κ1) is 8.24. The molecule has 0 radical (unpaired) electrons. The number of allylic oxidation sites excluding steroid dienone is 2. The minimum Gasteiger partial charge on any atom is -0.493 e. The zero-order valence-electron chi connectivity index (χ0n) is 5.76. The predicted molar refractivity (Wildman–Crippen MR) is 39.0 cm³/mol. The van der Waals surface area contributed by atoms with Crippen LogP contribution in [0.3, 0.4) is 0 Å². The van der Waals surface area contributed by atoms with Crippen LogP contribution in [0.1, 0.15) is 6.92 Å². The van der Waals surface area contributed by atoms with Gasteiger partial charge in [-0.15, -0.1) is 0 Å². The smallest absolute Gasteiger partial charge is 0.111 e. The third-order valence-corrected chi connectivity index (χ3v) is 0.758. The molecule has 0 aromatic rings. The Kier molecular flexibility index (Phi) is 4.92. The van der Waals surface area contributed by atoms with Gasteiger partial charge < -0.3 is 10.5 Å². The largest absolute Gasteiger partial charge is 0.493 e. The molecule has 0 saturated carbocycles. The van der Waals surface area contributed by atoms with Gasteiger partial charge in [0.2, 0.25) is 0 Å². The van der Waals surface area contributed by atoms with Gasteiger partial charge in [0.1, 0.15) is 12.4 Å². The number of hydrogen-bond donors (Lipinski definition) is 1. The minimum absolute atomic E-state index is 0.538. The molecule has 0 rings (SSSR count). The fourth-order valence-electron chi connectivity index (χ4n) is 0.424. The van der Waals surface area contributed by atoms with Crippen LogP contribution in [0, 0.1) is 0 Å². The summed E-state index contributed by atoms with van der Waals surface area (Å²) in [6.07, 6.45) is 3.68. The van der Waals surface area contributed by atoms with Gasteiger partial charge in [0, 0.05) is 6.54 Å². The van der Waals surface area contributed by atoms with Crippen molar-refractivity contribution in [1.82, 2.24) is 0 Å². The standard InChI is InChI=1S/C7H13NO/c1-3-4-7(2)9-6-5-8/h3-4H,2,5-6,8H2,1H3/b4-3-. The molecule has 0 amide bonds. The molecular formula is C7H13NO. The zero-order valence-corrected chi connectivity index (χ0v) is 5.76. The number of rotatable bonds is 4. The van der Waals surface area contributed by atoms with E-state index in [4.69, 9.17) is 10.5 Å². The Morgan fingerprint density at radius 2 is 2.44 bits per heavy atom. The molecule has 0 spiro atoms. The second-order valence-corrected chi connectivity index (χ2v) is 1.60. The van der Waals surface area contributed by atoms with Gasteiger partial charge in [-0.25, -0.2) is 0 Å². The van der Waals surface area contributed by atoms with E-state index in [1.165, 1.54) is 0 Å². The van der Waals surface area contributed by atoms with Crippen LogP contribution in [0.15, 0.2) is 24.5 Å². The first-order valence-electron chi connectivity index (χ1n) is 2.95. The van der Waals surface area contributed by atoms with Gasteiger partial charge >= 0.3 is 0 Å². The molecule has 0 heterocycles. The van der Waals surface area contributed by atoms with Gasteiger partial charge in [0.25, 0.3) is 0 Å². The van der Waals surface area contributed by atoms with Gasteiger partial charge in [-0.05, 0) is 13.0 Å². The minimum atomic E-state index is 0.538. The van der Waals surface area contributed by atoms with Crippen LogP contribution >= 0.6 is 0 Å². The second-order valence-electron chi connectivity index (χ2n) is 1.60. The molecule has 0 atom stereocenters. The Bertz CT molecular complexity index is 107. The van der Waals surface area contributed by atoms with E-state index in [2.05, 4.69) is 6.58 Å². The van der Waals surface area contributed by atoms with Gasteiger partial charge in [0.15, 0.2) is 0 Å². The summed E-state index contributed by atoms with van der Waals surface area (Å²) in [5.41, 5.74) is 5.18. The summed E-state index contributed by atoms with van der Waals surface area (Å²) in [6, 6.07) is 0. The summed E-state index contributed by atoms with van der Waals surface area (Å²) in [5, 5.41) is 0. The highest BCUT2D eigenvalue weighted by molar-refractivity contribution is 5.05. The van der Waals surface area contributed by atoms with E-state index >= 15 is 0 Å². The van der Waals surface area contributed by atoms with Crippen molar-refractivity contribution >= 4 is 0 Å². The van der Waals surface area contributed by atoms with E-state index < -0.39 is 0 Å². The summed E-state index contributed by atoms with van der Waals surface area (Å²) in [7, 11) is 0. The molecule has 2 nitrogen and oxygen atoms in total. The van der Waals surface area contributed by atoms with Crippen molar-refractivity contribution in [2.24, 2.45) is 5.73 Å². The molecule has 0 aliphatic carbocycles. The normalized spacial score (nSPS) is 10.0. The molecule has 0 fully saturated rings. The van der Waals surface area contributed by atoms with Gasteiger partial charge in [-0.2, -0.15) is 0 Å². The number of nitrogens with two attached hydrogens (primary N) is 1. The lowest BCUT2D eigenvalue weighted by Gasteiger charge is -2.00. The van der Waals surface area contributed by atoms with Crippen LogP contribution < -0.4 is 5.73 Å². The Morgan fingerprint density at radius 1 is 1.78 bits per heavy atom. The van der Waals surface area contributed by atoms with E-state index in [9.17, 15) is 0 Å². The van der Waals surface area contributed by atoms with Crippen molar-refractivity contribution in [1.29, 1.82) is 0 Å². The maximum absolute atomic E-state index is 5.18. The molecule has 0 unspecified atom stereocenters. The Labute approximate surface area is 56.0 Å². The molecule has 0 bridgehead atoms. The summed E-state index contributed by atoms with van der Waals surface area (Å²) >= 11 is 0. The van der Waals surface area contributed by atoms with E-state index in [-0.39, 0.29) is 0 Å².